The van der Waals surface area contributed by atoms with E-state index in [1.807, 2.05) is 12.1 Å². The standard InChI is InChI=1S/C20H32Br2N6O3/c21-15-11-14(12-16(22)18(15)31-10-6-5-9-27-20(24)25)13-17(28-30)19(29)26-8-4-2-1-3-7-23/h11-12,30H,1-10,13,23H2,(H,26,29)(H4,24,25,27). The summed E-state index contributed by atoms with van der Waals surface area (Å²) in [5, 5.41) is 15.3. The van der Waals surface area contributed by atoms with E-state index in [0.717, 1.165) is 53.0 Å². The van der Waals surface area contributed by atoms with E-state index in [1.165, 1.54) is 0 Å². The summed E-state index contributed by atoms with van der Waals surface area (Å²) < 4.78 is 7.30. The summed E-state index contributed by atoms with van der Waals surface area (Å²) >= 11 is 7.00. The summed E-state index contributed by atoms with van der Waals surface area (Å²) in [7, 11) is 0. The Hall–Kier alpha value is -1.85. The number of hydrogen-bond acceptors (Lipinski definition) is 6. The van der Waals surface area contributed by atoms with Gasteiger partial charge in [0.05, 0.1) is 15.6 Å². The van der Waals surface area contributed by atoms with Crippen LogP contribution in [0.4, 0.5) is 0 Å². The molecule has 1 amide bonds. The van der Waals surface area contributed by atoms with Crippen LogP contribution in [0, 0.1) is 0 Å². The average Bonchev–Trinajstić information content (AvgIpc) is 2.72. The number of amides is 1. The fourth-order valence-corrected chi connectivity index (χ4v) is 4.24. The van der Waals surface area contributed by atoms with Crippen molar-refractivity contribution in [2.75, 3.05) is 26.2 Å². The van der Waals surface area contributed by atoms with Crippen LogP contribution in [-0.4, -0.2) is 49.0 Å². The molecule has 0 atom stereocenters. The third-order valence-corrected chi connectivity index (χ3v) is 5.50. The van der Waals surface area contributed by atoms with Crippen LogP contribution in [0.1, 0.15) is 44.1 Å². The van der Waals surface area contributed by atoms with Crippen molar-refractivity contribution in [3.63, 3.8) is 0 Å². The van der Waals surface area contributed by atoms with Crippen molar-refractivity contribution in [2.45, 2.75) is 44.9 Å². The molecule has 0 aliphatic rings. The van der Waals surface area contributed by atoms with Gasteiger partial charge in [-0.25, -0.2) is 0 Å². The summed E-state index contributed by atoms with van der Waals surface area (Å²) in [6, 6.07) is 3.68. The van der Waals surface area contributed by atoms with Crippen LogP contribution < -0.4 is 27.3 Å². The molecule has 8 N–H and O–H groups in total. The number of guanidine groups is 1. The molecule has 0 spiro atoms. The molecule has 0 heterocycles. The van der Waals surface area contributed by atoms with Crippen molar-refractivity contribution in [1.29, 1.82) is 0 Å². The number of unbranched alkanes of at least 4 members (excludes halogenated alkanes) is 4. The normalized spacial score (nSPS) is 11.3. The molecule has 174 valence electrons. The molecule has 0 saturated carbocycles. The Kier molecular flexibility index (Phi) is 13.9. The molecule has 9 nitrogen and oxygen atoms in total. The van der Waals surface area contributed by atoms with Crippen molar-refractivity contribution in [2.24, 2.45) is 27.3 Å². The number of hydrogen-bond donors (Lipinski definition) is 5. The van der Waals surface area contributed by atoms with Crippen molar-refractivity contribution in [3.05, 3.63) is 26.6 Å². The van der Waals surface area contributed by atoms with E-state index in [0.29, 0.717) is 32.0 Å². The summed E-state index contributed by atoms with van der Waals surface area (Å²) in [4.78, 5) is 16.2. The monoisotopic (exact) mass is 562 g/mol. The molecule has 0 aromatic heterocycles. The summed E-state index contributed by atoms with van der Waals surface area (Å²) in [6.07, 6.45) is 5.68. The van der Waals surface area contributed by atoms with Gasteiger partial charge in [-0.1, -0.05) is 18.0 Å². The first-order valence-electron chi connectivity index (χ1n) is 10.2. The van der Waals surface area contributed by atoms with E-state index < -0.39 is 0 Å². The summed E-state index contributed by atoms with van der Waals surface area (Å²) in [5.41, 5.74) is 16.9. The van der Waals surface area contributed by atoms with Gasteiger partial charge in [-0.15, -0.1) is 0 Å². The lowest BCUT2D eigenvalue weighted by atomic mass is 10.1. The summed E-state index contributed by atoms with van der Waals surface area (Å²) in [5.74, 6) is 0.369. The predicted molar refractivity (Wildman–Crippen MR) is 131 cm³/mol. The van der Waals surface area contributed by atoms with Gasteiger partial charge in [0.2, 0.25) is 0 Å². The van der Waals surface area contributed by atoms with Crippen LogP contribution in [0.5, 0.6) is 5.75 Å². The van der Waals surface area contributed by atoms with Crippen LogP contribution >= 0.6 is 31.9 Å². The highest BCUT2D eigenvalue weighted by molar-refractivity contribution is 9.11. The SMILES string of the molecule is NCCCCCCNC(=O)C(Cc1cc(Br)c(OCCCCN=C(N)N)c(Br)c1)=NO. The van der Waals surface area contributed by atoms with E-state index in [2.05, 4.69) is 47.3 Å². The zero-order valence-electron chi connectivity index (χ0n) is 17.6. The van der Waals surface area contributed by atoms with Gasteiger partial charge in [0, 0.05) is 19.5 Å². The Morgan fingerprint density at radius 3 is 2.35 bits per heavy atom. The minimum atomic E-state index is -0.380. The molecule has 0 fully saturated rings. The molecule has 11 heteroatoms. The first kappa shape index (κ1) is 27.2. The highest BCUT2D eigenvalue weighted by Crippen LogP contribution is 2.35. The minimum Gasteiger partial charge on any atom is -0.491 e. The number of oxime groups is 1. The first-order valence-corrected chi connectivity index (χ1v) is 11.8. The van der Waals surface area contributed by atoms with Crippen molar-refractivity contribution >= 4 is 49.4 Å². The quantitative estimate of drug-likeness (QED) is 0.0724. The van der Waals surface area contributed by atoms with E-state index in [1.54, 1.807) is 0 Å². The number of nitrogens with one attached hydrogen (secondary N) is 1. The molecule has 31 heavy (non-hydrogen) atoms. The Morgan fingerprint density at radius 2 is 1.74 bits per heavy atom. The maximum Gasteiger partial charge on any atom is 0.269 e. The third kappa shape index (κ3) is 11.4. The fraction of sp³-hybridized carbons (Fsp3) is 0.550. The Bertz CT molecular complexity index is 731. The van der Waals surface area contributed by atoms with Crippen LogP contribution in [0.2, 0.25) is 0 Å². The Balaban J connectivity index is 2.54. The molecular weight excluding hydrogens is 532 g/mol. The molecule has 1 aromatic carbocycles. The van der Waals surface area contributed by atoms with Gasteiger partial charge in [-0.2, -0.15) is 0 Å². The van der Waals surface area contributed by atoms with Gasteiger partial charge in [-0.3, -0.25) is 9.79 Å². The van der Waals surface area contributed by atoms with Crippen LogP contribution in [-0.2, 0) is 11.2 Å². The van der Waals surface area contributed by atoms with Crippen LogP contribution in [0.15, 0.2) is 31.2 Å². The molecule has 1 rings (SSSR count). The van der Waals surface area contributed by atoms with Crippen molar-refractivity contribution < 1.29 is 14.7 Å². The molecule has 0 aliphatic carbocycles. The van der Waals surface area contributed by atoms with E-state index in [9.17, 15) is 10.0 Å². The van der Waals surface area contributed by atoms with Crippen LogP contribution in [0.3, 0.4) is 0 Å². The maximum absolute atomic E-state index is 12.3. The zero-order chi connectivity index (χ0) is 23.1. The van der Waals surface area contributed by atoms with Crippen molar-refractivity contribution in [3.8, 4) is 5.75 Å². The molecule has 0 saturated heterocycles. The summed E-state index contributed by atoms with van der Waals surface area (Å²) in [6.45, 7) is 2.29. The van der Waals surface area contributed by atoms with Gasteiger partial charge in [0.1, 0.15) is 11.5 Å². The van der Waals surface area contributed by atoms with Gasteiger partial charge in [0.15, 0.2) is 5.96 Å². The minimum absolute atomic E-state index is 0.0501. The number of rotatable bonds is 15. The van der Waals surface area contributed by atoms with Gasteiger partial charge >= 0.3 is 0 Å². The molecular formula is C20H32Br2N6O3. The Labute approximate surface area is 200 Å². The molecule has 0 bridgehead atoms. The second kappa shape index (κ2) is 15.9. The second-order valence-electron chi connectivity index (χ2n) is 6.93. The van der Waals surface area contributed by atoms with Crippen LogP contribution in [0.25, 0.3) is 0 Å². The molecule has 1 aromatic rings. The van der Waals surface area contributed by atoms with E-state index in [-0.39, 0.29) is 24.0 Å². The average molecular weight is 564 g/mol. The molecule has 0 radical (unpaired) electrons. The molecule has 0 aliphatic heterocycles. The highest BCUT2D eigenvalue weighted by Gasteiger charge is 2.16. The predicted octanol–water partition coefficient (Wildman–Crippen LogP) is 2.65. The number of ether oxygens (including phenoxy) is 1. The lowest BCUT2D eigenvalue weighted by Crippen LogP contribution is -2.33. The van der Waals surface area contributed by atoms with E-state index in [4.69, 9.17) is 21.9 Å². The zero-order valence-corrected chi connectivity index (χ0v) is 20.8. The topological polar surface area (TPSA) is 161 Å². The smallest absolute Gasteiger partial charge is 0.269 e. The van der Waals surface area contributed by atoms with Crippen molar-refractivity contribution in [1.82, 2.24) is 5.32 Å². The lowest BCUT2D eigenvalue weighted by Gasteiger charge is -2.13. The fourth-order valence-electron chi connectivity index (χ4n) is 2.73. The number of nitrogens with two attached hydrogens (primary N) is 3. The third-order valence-electron chi connectivity index (χ3n) is 4.32. The number of halogens is 2. The second-order valence-corrected chi connectivity index (χ2v) is 8.64. The Morgan fingerprint density at radius 1 is 1.06 bits per heavy atom. The maximum atomic E-state index is 12.3. The van der Waals surface area contributed by atoms with Gasteiger partial charge in [0.25, 0.3) is 5.91 Å². The number of carbonyl (C=O) groups excluding carboxylic acids is 1. The molecule has 0 unspecified atom stereocenters. The van der Waals surface area contributed by atoms with Gasteiger partial charge < -0.3 is 32.5 Å². The number of benzene rings is 1. The number of aliphatic imine (C=N–C) groups is 1. The van der Waals surface area contributed by atoms with Gasteiger partial charge in [-0.05, 0) is 81.8 Å². The lowest BCUT2D eigenvalue weighted by molar-refractivity contribution is -0.115. The largest absolute Gasteiger partial charge is 0.491 e. The first-order chi connectivity index (χ1) is 14.9. The highest BCUT2D eigenvalue weighted by atomic mass is 79.9. The van der Waals surface area contributed by atoms with E-state index >= 15 is 0 Å². The number of carbonyl (C=O) groups is 1. The number of nitrogens with zero attached hydrogens (tertiary/aromatic N) is 2.